The number of likely N-dealkylation sites (tertiary alicyclic amines) is 1. The molecule has 1 aliphatic heterocycles. The van der Waals surface area contributed by atoms with Crippen molar-refractivity contribution in [3.05, 3.63) is 34.2 Å². The fourth-order valence-corrected chi connectivity index (χ4v) is 2.11. The van der Waals surface area contributed by atoms with Crippen molar-refractivity contribution in [3.63, 3.8) is 0 Å². The van der Waals surface area contributed by atoms with Crippen LogP contribution in [-0.2, 0) is 11.8 Å². The van der Waals surface area contributed by atoms with Crippen LogP contribution in [0.1, 0.15) is 23.2 Å². The van der Waals surface area contributed by atoms with E-state index in [0.717, 1.165) is 0 Å². The Morgan fingerprint density at radius 2 is 2.17 bits per heavy atom. The van der Waals surface area contributed by atoms with E-state index in [1.54, 1.807) is 7.05 Å². The monoisotopic (exact) mass is 250 g/mol. The highest BCUT2D eigenvalue weighted by atomic mass is 16.4. The minimum absolute atomic E-state index is 0.242. The summed E-state index contributed by atoms with van der Waals surface area (Å²) in [5.41, 5.74) is -0.0434. The van der Waals surface area contributed by atoms with Crippen LogP contribution in [0.15, 0.2) is 23.1 Å². The largest absolute Gasteiger partial charge is 0.480 e. The van der Waals surface area contributed by atoms with Gasteiger partial charge in [-0.2, -0.15) is 0 Å². The van der Waals surface area contributed by atoms with Gasteiger partial charge in [0, 0.05) is 31.4 Å². The van der Waals surface area contributed by atoms with Crippen molar-refractivity contribution in [1.82, 2.24) is 9.47 Å². The smallest absolute Gasteiger partial charge is 0.326 e. The fraction of sp³-hybridized carbons (Fsp3) is 0.417. The highest BCUT2D eigenvalue weighted by molar-refractivity contribution is 5.96. The molecule has 0 saturated carbocycles. The third-order valence-corrected chi connectivity index (χ3v) is 3.15. The van der Waals surface area contributed by atoms with Gasteiger partial charge < -0.3 is 14.6 Å². The molecule has 0 bridgehead atoms. The Morgan fingerprint density at radius 3 is 2.78 bits per heavy atom. The molecule has 0 spiro atoms. The zero-order valence-corrected chi connectivity index (χ0v) is 10.00. The number of hydrogen-bond acceptors (Lipinski definition) is 3. The molecule has 1 fully saturated rings. The molecule has 0 aliphatic carbocycles. The Morgan fingerprint density at radius 1 is 1.44 bits per heavy atom. The topological polar surface area (TPSA) is 79.6 Å². The maximum Gasteiger partial charge on any atom is 0.326 e. The number of amides is 1. The van der Waals surface area contributed by atoms with Crippen LogP contribution in [0.5, 0.6) is 0 Å². The molecule has 6 nitrogen and oxygen atoms in total. The fourth-order valence-electron chi connectivity index (χ4n) is 2.11. The molecule has 6 heteroatoms. The van der Waals surface area contributed by atoms with Gasteiger partial charge in [-0.05, 0) is 18.9 Å². The first-order chi connectivity index (χ1) is 8.50. The second-order valence-electron chi connectivity index (χ2n) is 4.36. The third-order valence-electron chi connectivity index (χ3n) is 3.15. The summed E-state index contributed by atoms with van der Waals surface area (Å²) in [5.74, 6) is -1.39. The molecular weight excluding hydrogens is 236 g/mol. The van der Waals surface area contributed by atoms with E-state index in [4.69, 9.17) is 5.11 Å². The van der Waals surface area contributed by atoms with Gasteiger partial charge in [0.2, 0.25) is 0 Å². The molecule has 18 heavy (non-hydrogen) atoms. The van der Waals surface area contributed by atoms with Crippen molar-refractivity contribution in [1.29, 1.82) is 0 Å². The van der Waals surface area contributed by atoms with Crippen LogP contribution in [0.3, 0.4) is 0 Å². The molecule has 0 aromatic carbocycles. The molecule has 2 rings (SSSR count). The van der Waals surface area contributed by atoms with Crippen molar-refractivity contribution in [2.75, 3.05) is 6.54 Å². The molecule has 1 aromatic heterocycles. The van der Waals surface area contributed by atoms with Gasteiger partial charge in [0.1, 0.15) is 6.04 Å². The lowest BCUT2D eigenvalue weighted by molar-refractivity contribution is -0.141. The van der Waals surface area contributed by atoms with Crippen LogP contribution < -0.4 is 5.56 Å². The van der Waals surface area contributed by atoms with E-state index in [2.05, 4.69) is 0 Å². The van der Waals surface area contributed by atoms with Gasteiger partial charge in [0.05, 0.1) is 0 Å². The van der Waals surface area contributed by atoms with Crippen molar-refractivity contribution in [3.8, 4) is 0 Å². The van der Waals surface area contributed by atoms with Gasteiger partial charge in [0.25, 0.3) is 11.5 Å². The minimum atomic E-state index is -0.996. The summed E-state index contributed by atoms with van der Waals surface area (Å²) in [5, 5.41) is 9.02. The summed E-state index contributed by atoms with van der Waals surface area (Å²) in [6.07, 6.45) is 2.64. The van der Waals surface area contributed by atoms with Gasteiger partial charge in [-0.1, -0.05) is 0 Å². The molecule has 1 aromatic rings. The number of carboxylic acids is 1. The maximum absolute atomic E-state index is 12.1. The van der Waals surface area contributed by atoms with Crippen LogP contribution in [0.2, 0.25) is 0 Å². The summed E-state index contributed by atoms with van der Waals surface area (Å²) < 4.78 is 1.36. The number of aryl methyl sites for hydroxylation is 1. The Bertz CT molecular complexity index is 549. The standard InChI is InChI=1S/C12H14N2O4/c1-13-6-4-8(7-10(13)15)11(16)14-5-2-3-9(14)12(17)18/h4,6-7,9H,2-3,5H2,1H3,(H,17,18)/t9-/m1/s1. The minimum Gasteiger partial charge on any atom is -0.480 e. The quantitative estimate of drug-likeness (QED) is 0.805. The Hall–Kier alpha value is -2.11. The SMILES string of the molecule is Cn1ccc(C(=O)N2CCC[C@@H]2C(=O)O)cc1=O. The Balaban J connectivity index is 2.28. The summed E-state index contributed by atoms with van der Waals surface area (Å²) in [7, 11) is 1.59. The van der Waals surface area contributed by atoms with E-state index < -0.39 is 17.9 Å². The number of carbonyl (C=O) groups excluding carboxylic acids is 1. The number of carbonyl (C=O) groups is 2. The van der Waals surface area contributed by atoms with E-state index in [0.29, 0.717) is 19.4 Å². The molecule has 96 valence electrons. The first-order valence-electron chi connectivity index (χ1n) is 5.71. The lowest BCUT2D eigenvalue weighted by Crippen LogP contribution is -2.40. The zero-order valence-electron chi connectivity index (χ0n) is 10.00. The van der Waals surface area contributed by atoms with E-state index in [9.17, 15) is 14.4 Å². The van der Waals surface area contributed by atoms with E-state index in [-0.39, 0.29) is 11.1 Å². The average molecular weight is 250 g/mol. The molecule has 0 radical (unpaired) electrons. The van der Waals surface area contributed by atoms with Crippen molar-refractivity contribution < 1.29 is 14.7 Å². The molecule has 1 aliphatic rings. The van der Waals surface area contributed by atoms with E-state index >= 15 is 0 Å². The lowest BCUT2D eigenvalue weighted by atomic mass is 10.2. The molecule has 1 N–H and O–H groups in total. The predicted molar refractivity (Wildman–Crippen MR) is 63.4 cm³/mol. The summed E-state index contributed by atoms with van der Waals surface area (Å²) in [4.78, 5) is 35.9. The highest BCUT2D eigenvalue weighted by Gasteiger charge is 2.34. The summed E-state index contributed by atoms with van der Waals surface area (Å²) in [6.45, 7) is 0.422. The molecule has 1 atom stereocenters. The van der Waals surface area contributed by atoms with Gasteiger partial charge in [0.15, 0.2) is 0 Å². The second kappa shape index (κ2) is 4.64. The summed E-state index contributed by atoms with van der Waals surface area (Å²) >= 11 is 0. The van der Waals surface area contributed by atoms with Crippen LogP contribution in [0.4, 0.5) is 0 Å². The van der Waals surface area contributed by atoms with E-state index in [1.807, 2.05) is 0 Å². The normalized spacial score (nSPS) is 18.9. The molecule has 1 amide bonds. The lowest BCUT2D eigenvalue weighted by Gasteiger charge is -2.21. The number of carboxylic acid groups (broad SMARTS) is 1. The number of nitrogens with zero attached hydrogens (tertiary/aromatic N) is 2. The highest BCUT2D eigenvalue weighted by Crippen LogP contribution is 2.19. The van der Waals surface area contributed by atoms with Gasteiger partial charge in [-0.15, -0.1) is 0 Å². The Labute approximate surface area is 103 Å². The van der Waals surface area contributed by atoms with E-state index in [1.165, 1.54) is 27.8 Å². The van der Waals surface area contributed by atoms with Gasteiger partial charge in [-0.3, -0.25) is 9.59 Å². The van der Waals surface area contributed by atoms with Gasteiger partial charge in [-0.25, -0.2) is 4.79 Å². The van der Waals surface area contributed by atoms with Crippen LogP contribution in [-0.4, -0.2) is 39.0 Å². The van der Waals surface area contributed by atoms with Gasteiger partial charge >= 0.3 is 5.97 Å². The molecule has 1 saturated heterocycles. The summed E-state index contributed by atoms with van der Waals surface area (Å²) in [6, 6.07) is 1.99. The second-order valence-corrected chi connectivity index (χ2v) is 4.36. The first kappa shape index (κ1) is 12.3. The first-order valence-corrected chi connectivity index (χ1v) is 5.71. The number of hydrogen-bond donors (Lipinski definition) is 1. The van der Waals surface area contributed by atoms with Crippen molar-refractivity contribution in [2.24, 2.45) is 7.05 Å². The number of pyridine rings is 1. The van der Waals surface area contributed by atoms with Crippen molar-refractivity contribution >= 4 is 11.9 Å². The van der Waals surface area contributed by atoms with Crippen molar-refractivity contribution in [2.45, 2.75) is 18.9 Å². The third kappa shape index (κ3) is 2.13. The maximum atomic E-state index is 12.1. The Kier molecular flexibility index (Phi) is 3.18. The predicted octanol–water partition coefficient (Wildman–Crippen LogP) is 0.0745. The molecular formula is C12H14N2O4. The van der Waals surface area contributed by atoms with Crippen LogP contribution in [0, 0.1) is 0 Å². The number of rotatable bonds is 2. The molecule has 2 heterocycles. The average Bonchev–Trinajstić information content (AvgIpc) is 2.81. The number of aromatic nitrogens is 1. The van der Waals surface area contributed by atoms with Crippen LogP contribution >= 0.6 is 0 Å². The molecule has 0 unspecified atom stereocenters. The number of aliphatic carboxylic acids is 1. The van der Waals surface area contributed by atoms with Crippen LogP contribution in [0.25, 0.3) is 0 Å². The zero-order chi connectivity index (χ0) is 13.3.